The Balaban J connectivity index is 2.02. The summed E-state index contributed by atoms with van der Waals surface area (Å²) in [5, 5.41) is 9.46. The molecule has 0 radical (unpaired) electrons. The number of amides is 1. The molecule has 1 heterocycles. The van der Waals surface area contributed by atoms with Crippen LogP contribution >= 0.6 is 11.8 Å². The molecule has 0 bridgehead atoms. The van der Waals surface area contributed by atoms with Gasteiger partial charge in [-0.25, -0.2) is 4.79 Å². The van der Waals surface area contributed by atoms with Crippen molar-refractivity contribution >= 4 is 29.3 Å². The number of esters is 1. The molecule has 1 atom stereocenters. The zero-order chi connectivity index (χ0) is 19.2. The van der Waals surface area contributed by atoms with E-state index in [1.54, 1.807) is 19.1 Å². The number of nitrogens with zero attached hydrogens (tertiary/aromatic N) is 2. The smallest absolute Gasteiger partial charge is 0.351 e. The first-order valence-electron chi connectivity index (χ1n) is 8.56. The minimum absolute atomic E-state index is 0.144. The van der Waals surface area contributed by atoms with Crippen molar-refractivity contribution in [2.75, 3.05) is 11.5 Å². The number of carbonyl (C=O) groups excluding carboxylic acids is 2. The van der Waals surface area contributed by atoms with Gasteiger partial charge in [0.2, 0.25) is 5.91 Å². The van der Waals surface area contributed by atoms with E-state index in [2.05, 4.69) is 0 Å². The maximum atomic E-state index is 13.1. The molecule has 0 N–H and O–H groups in total. The van der Waals surface area contributed by atoms with E-state index in [1.807, 2.05) is 54.6 Å². The van der Waals surface area contributed by atoms with Crippen molar-refractivity contribution in [1.29, 1.82) is 5.26 Å². The number of carbonyl (C=O) groups is 2. The van der Waals surface area contributed by atoms with E-state index in [1.165, 1.54) is 16.7 Å². The second-order valence-corrected chi connectivity index (χ2v) is 7.01. The topological polar surface area (TPSA) is 70.4 Å². The lowest BCUT2D eigenvalue weighted by molar-refractivity contribution is -0.138. The van der Waals surface area contributed by atoms with Gasteiger partial charge in [0.25, 0.3) is 0 Å². The molecular formula is C21H18N2O3S. The minimum Gasteiger partial charge on any atom is -0.462 e. The summed E-state index contributed by atoms with van der Waals surface area (Å²) >= 11 is 1.24. The van der Waals surface area contributed by atoms with Crippen LogP contribution in [0.5, 0.6) is 0 Å². The van der Waals surface area contributed by atoms with Crippen LogP contribution in [0, 0.1) is 11.3 Å². The Morgan fingerprint density at radius 1 is 1.15 bits per heavy atom. The summed E-state index contributed by atoms with van der Waals surface area (Å²) in [5.41, 5.74) is 1.50. The van der Waals surface area contributed by atoms with Crippen molar-refractivity contribution in [3.63, 3.8) is 0 Å². The third-order valence-corrected chi connectivity index (χ3v) is 5.30. The molecule has 6 heteroatoms. The van der Waals surface area contributed by atoms with Crippen molar-refractivity contribution in [3.8, 4) is 6.07 Å². The molecule has 0 spiro atoms. The summed E-state index contributed by atoms with van der Waals surface area (Å²) in [6.45, 7) is 1.84. The number of ether oxygens (including phenoxy) is 1. The van der Waals surface area contributed by atoms with E-state index in [-0.39, 0.29) is 18.1 Å². The van der Waals surface area contributed by atoms with Gasteiger partial charge in [0.15, 0.2) is 5.57 Å². The predicted molar refractivity (Wildman–Crippen MR) is 105 cm³/mol. The lowest BCUT2D eigenvalue weighted by Crippen LogP contribution is -2.30. The molecule has 3 rings (SSSR count). The van der Waals surface area contributed by atoms with E-state index in [9.17, 15) is 14.9 Å². The number of benzene rings is 2. The molecule has 1 unspecified atom stereocenters. The van der Waals surface area contributed by atoms with Gasteiger partial charge in [-0.3, -0.25) is 9.69 Å². The first kappa shape index (κ1) is 18.7. The normalized spacial score (nSPS) is 18.1. The highest BCUT2D eigenvalue weighted by Crippen LogP contribution is 2.41. The number of para-hydroxylation sites is 1. The largest absolute Gasteiger partial charge is 0.462 e. The lowest BCUT2D eigenvalue weighted by Gasteiger charge is -2.18. The minimum atomic E-state index is -0.711. The van der Waals surface area contributed by atoms with Crippen LogP contribution in [-0.2, 0) is 20.7 Å². The molecule has 27 heavy (non-hydrogen) atoms. The maximum absolute atomic E-state index is 13.1. The van der Waals surface area contributed by atoms with Crippen LogP contribution in [0.2, 0.25) is 0 Å². The van der Waals surface area contributed by atoms with Crippen molar-refractivity contribution in [1.82, 2.24) is 0 Å². The first-order valence-corrected chi connectivity index (χ1v) is 9.44. The van der Waals surface area contributed by atoms with Gasteiger partial charge in [0, 0.05) is 5.69 Å². The Labute approximate surface area is 162 Å². The van der Waals surface area contributed by atoms with Crippen LogP contribution < -0.4 is 4.90 Å². The molecule has 1 amide bonds. The molecule has 1 saturated heterocycles. The van der Waals surface area contributed by atoms with E-state index >= 15 is 0 Å². The van der Waals surface area contributed by atoms with Gasteiger partial charge in [-0.05, 0) is 31.0 Å². The molecule has 2 aromatic rings. The second-order valence-electron chi connectivity index (χ2n) is 5.82. The molecule has 0 saturated carbocycles. The standard InChI is InChI=1S/C21H18N2O3S/c1-2-26-21(25)17(14-22)20-23(16-11-7-4-8-12-16)19(24)18(27-20)13-15-9-5-3-6-10-15/h3-12,18H,2,13H2,1H3. The monoisotopic (exact) mass is 378 g/mol. The number of thioether (sulfide) groups is 1. The highest BCUT2D eigenvalue weighted by molar-refractivity contribution is 8.05. The van der Waals surface area contributed by atoms with Gasteiger partial charge in [0.1, 0.15) is 11.1 Å². The lowest BCUT2D eigenvalue weighted by atomic mass is 10.1. The molecule has 1 aliphatic rings. The van der Waals surface area contributed by atoms with Gasteiger partial charge in [-0.2, -0.15) is 5.26 Å². The highest BCUT2D eigenvalue weighted by Gasteiger charge is 2.41. The Kier molecular flexibility index (Phi) is 5.94. The quantitative estimate of drug-likeness (QED) is 0.451. The third-order valence-electron chi connectivity index (χ3n) is 4.04. The molecular weight excluding hydrogens is 360 g/mol. The zero-order valence-electron chi connectivity index (χ0n) is 14.8. The SMILES string of the molecule is CCOC(=O)C(C#N)=C1SC(Cc2ccccc2)C(=O)N1c1ccccc1. The Bertz CT molecular complexity index is 904. The zero-order valence-corrected chi connectivity index (χ0v) is 15.6. The summed E-state index contributed by atoms with van der Waals surface area (Å²) in [7, 11) is 0. The summed E-state index contributed by atoms with van der Waals surface area (Å²) in [4.78, 5) is 26.8. The fourth-order valence-corrected chi connectivity index (χ4v) is 4.11. The van der Waals surface area contributed by atoms with Crippen molar-refractivity contribution in [3.05, 3.63) is 76.8 Å². The molecule has 136 valence electrons. The summed E-state index contributed by atoms with van der Waals surface area (Å²) in [5.74, 6) is -0.862. The van der Waals surface area contributed by atoms with Gasteiger partial charge in [-0.15, -0.1) is 0 Å². The number of nitriles is 1. The molecule has 0 aliphatic carbocycles. The van der Waals surface area contributed by atoms with Crippen LogP contribution in [0.15, 0.2) is 71.3 Å². The predicted octanol–water partition coefficient (Wildman–Crippen LogP) is 3.68. The Morgan fingerprint density at radius 3 is 2.37 bits per heavy atom. The van der Waals surface area contributed by atoms with Crippen LogP contribution in [-0.4, -0.2) is 23.7 Å². The maximum Gasteiger partial charge on any atom is 0.351 e. The van der Waals surface area contributed by atoms with Crippen LogP contribution in [0.4, 0.5) is 5.69 Å². The fourth-order valence-electron chi connectivity index (χ4n) is 2.82. The molecule has 2 aromatic carbocycles. The highest BCUT2D eigenvalue weighted by atomic mass is 32.2. The average Bonchev–Trinajstić information content (AvgIpc) is 3.00. The molecule has 1 fully saturated rings. The van der Waals surface area contributed by atoms with Crippen molar-refractivity contribution < 1.29 is 14.3 Å². The van der Waals surface area contributed by atoms with Gasteiger partial charge < -0.3 is 4.74 Å². The molecule has 0 aromatic heterocycles. The van der Waals surface area contributed by atoms with E-state index in [4.69, 9.17) is 4.74 Å². The average molecular weight is 378 g/mol. The summed E-state index contributed by atoms with van der Waals surface area (Å²) in [6, 6.07) is 20.6. The van der Waals surface area contributed by atoms with Gasteiger partial charge >= 0.3 is 5.97 Å². The third kappa shape index (κ3) is 4.04. The summed E-state index contributed by atoms with van der Waals surface area (Å²) < 4.78 is 5.01. The number of hydrogen-bond acceptors (Lipinski definition) is 5. The molecule has 5 nitrogen and oxygen atoms in total. The van der Waals surface area contributed by atoms with Crippen LogP contribution in [0.1, 0.15) is 12.5 Å². The fraction of sp³-hybridized carbons (Fsp3) is 0.190. The van der Waals surface area contributed by atoms with Crippen molar-refractivity contribution in [2.24, 2.45) is 0 Å². The van der Waals surface area contributed by atoms with Crippen LogP contribution in [0.25, 0.3) is 0 Å². The second kappa shape index (κ2) is 8.56. The Morgan fingerprint density at radius 2 is 1.78 bits per heavy atom. The Hall–Kier alpha value is -3.04. The van der Waals surface area contributed by atoms with Gasteiger partial charge in [-0.1, -0.05) is 60.3 Å². The molecule has 1 aliphatic heterocycles. The van der Waals surface area contributed by atoms with E-state index in [0.29, 0.717) is 17.1 Å². The van der Waals surface area contributed by atoms with Crippen LogP contribution in [0.3, 0.4) is 0 Å². The number of anilines is 1. The first-order chi connectivity index (χ1) is 13.2. The van der Waals surface area contributed by atoms with E-state index in [0.717, 1.165) is 5.56 Å². The summed E-state index contributed by atoms with van der Waals surface area (Å²) in [6.07, 6.45) is 0.513. The number of hydrogen-bond donors (Lipinski definition) is 0. The van der Waals surface area contributed by atoms with E-state index < -0.39 is 11.2 Å². The van der Waals surface area contributed by atoms with Gasteiger partial charge in [0.05, 0.1) is 11.9 Å². The number of rotatable bonds is 5. The van der Waals surface area contributed by atoms with Crippen molar-refractivity contribution in [2.45, 2.75) is 18.6 Å².